The van der Waals surface area contributed by atoms with E-state index in [1.54, 1.807) is 24.3 Å². The van der Waals surface area contributed by atoms with Gasteiger partial charge in [-0.3, -0.25) is 9.59 Å². The summed E-state index contributed by atoms with van der Waals surface area (Å²) in [6.07, 6.45) is 6.60. The predicted molar refractivity (Wildman–Crippen MR) is 206 cm³/mol. The molecule has 302 valence electrons. The highest BCUT2D eigenvalue weighted by Gasteiger charge is 2.34. The third-order valence-corrected chi connectivity index (χ3v) is 8.98. The van der Waals surface area contributed by atoms with Crippen LogP contribution in [-0.4, -0.2) is 60.7 Å². The monoisotopic (exact) mass is 790 g/mol. The number of alkyl carbamates (subject to hydrolysis) is 1. The average Bonchev–Trinajstić information content (AvgIpc) is 3.14. The lowest BCUT2D eigenvalue weighted by atomic mass is 10.0. The average molecular weight is 791 g/mol. The Morgan fingerprint density at radius 1 is 0.782 bits per heavy atom. The van der Waals surface area contributed by atoms with Crippen LogP contribution in [0.5, 0.6) is 11.5 Å². The maximum absolute atomic E-state index is 14.2. The van der Waals surface area contributed by atoms with Gasteiger partial charge in [0.25, 0.3) is 5.91 Å². The van der Waals surface area contributed by atoms with E-state index in [1.807, 2.05) is 20.8 Å². The van der Waals surface area contributed by atoms with Crippen LogP contribution < -0.4 is 20.1 Å². The van der Waals surface area contributed by atoms with E-state index in [2.05, 4.69) is 15.6 Å². The van der Waals surface area contributed by atoms with Gasteiger partial charge in [-0.05, 0) is 76.1 Å². The van der Waals surface area contributed by atoms with Gasteiger partial charge in [-0.15, -0.1) is 0 Å². The number of carbonyl (C=O) groups is 3. The maximum Gasteiger partial charge on any atom is 0.416 e. The highest BCUT2D eigenvalue weighted by Crippen LogP contribution is 2.33. The molecular weight excluding hydrogens is 737 g/mol. The molecule has 10 nitrogen and oxygen atoms in total. The summed E-state index contributed by atoms with van der Waals surface area (Å²) in [5.74, 6) is -0.234. The molecule has 3 aromatic rings. The van der Waals surface area contributed by atoms with E-state index in [9.17, 15) is 27.6 Å². The summed E-state index contributed by atoms with van der Waals surface area (Å²) in [5, 5.41) is 5.94. The van der Waals surface area contributed by atoms with Crippen LogP contribution >= 0.6 is 11.6 Å². The predicted octanol–water partition coefficient (Wildman–Crippen LogP) is 9.70. The number of ether oxygens (including phenoxy) is 3. The second-order valence-corrected chi connectivity index (χ2v) is 14.6. The Bertz CT molecular complexity index is 1650. The van der Waals surface area contributed by atoms with Crippen LogP contribution in [0.3, 0.4) is 0 Å². The van der Waals surface area contributed by atoms with Gasteiger partial charge in [-0.2, -0.15) is 13.2 Å². The van der Waals surface area contributed by atoms with Gasteiger partial charge in [0.15, 0.2) is 0 Å². The summed E-state index contributed by atoms with van der Waals surface area (Å²) < 4.78 is 56.2. The molecule has 0 fully saturated rings. The SMILES string of the molecule is COc1ccc(CN(C(=O)c2ccc(C(F)(F)F)cc2)C(C(=O)NCCCCCCCCCCCCNC(=O)OC(C)(C)C)c2ccc(Cl)nc2)c(OC)c1. The van der Waals surface area contributed by atoms with Crippen molar-refractivity contribution in [3.8, 4) is 11.5 Å². The van der Waals surface area contributed by atoms with Crippen molar-refractivity contribution in [3.63, 3.8) is 0 Å². The number of methoxy groups -OCH3 is 2. The number of hydrogen-bond acceptors (Lipinski definition) is 7. The lowest BCUT2D eigenvalue weighted by Crippen LogP contribution is -2.43. The lowest BCUT2D eigenvalue weighted by molar-refractivity contribution is -0.137. The molecule has 1 aromatic heterocycles. The minimum absolute atomic E-state index is 0.0320. The van der Waals surface area contributed by atoms with Crippen LogP contribution in [0.1, 0.15) is 118 Å². The summed E-state index contributed by atoms with van der Waals surface area (Å²) in [6, 6.07) is 10.8. The number of aromatic nitrogens is 1. The number of pyridine rings is 1. The largest absolute Gasteiger partial charge is 0.497 e. The van der Waals surface area contributed by atoms with E-state index < -0.39 is 35.2 Å². The Labute approximate surface area is 327 Å². The molecule has 1 atom stereocenters. The zero-order valence-electron chi connectivity index (χ0n) is 32.4. The van der Waals surface area contributed by atoms with Crippen LogP contribution in [0.25, 0.3) is 0 Å². The first-order valence-electron chi connectivity index (χ1n) is 18.7. The number of nitrogens with zero attached hydrogens (tertiary/aromatic N) is 2. The highest BCUT2D eigenvalue weighted by molar-refractivity contribution is 6.29. The Hall–Kier alpha value is -4.52. The van der Waals surface area contributed by atoms with E-state index in [4.69, 9.17) is 25.8 Å². The Morgan fingerprint density at radius 3 is 1.87 bits per heavy atom. The first kappa shape index (κ1) is 44.9. The number of carbonyl (C=O) groups excluding carboxylic acids is 3. The van der Waals surface area contributed by atoms with Crippen LogP contribution in [0.2, 0.25) is 5.15 Å². The van der Waals surface area contributed by atoms with Gasteiger partial charge >= 0.3 is 12.3 Å². The summed E-state index contributed by atoms with van der Waals surface area (Å²) in [6.45, 7) is 6.35. The van der Waals surface area contributed by atoms with Gasteiger partial charge in [0.1, 0.15) is 28.3 Å². The Morgan fingerprint density at radius 2 is 1.36 bits per heavy atom. The Balaban J connectivity index is 1.61. The molecule has 0 saturated carbocycles. The van der Waals surface area contributed by atoms with Crippen LogP contribution in [-0.2, 0) is 22.3 Å². The molecule has 2 N–H and O–H groups in total. The summed E-state index contributed by atoms with van der Waals surface area (Å²) in [7, 11) is 2.97. The minimum atomic E-state index is -4.58. The number of benzene rings is 2. The van der Waals surface area contributed by atoms with Crippen molar-refractivity contribution in [2.45, 2.75) is 109 Å². The molecule has 1 heterocycles. The van der Waals surface area contributed by atoms with Gasteiger partial charge in [0.05, 0.1) is 26.3 Å². The molecule has 55 heavy (non-hydrogen) atoms. The van der Waals surface area contributed by atoms with Crippen molar-refractivity contribution in [3.05, 3.63) is 88.2 Å². The second-order valence-electron chi connectivity index (χ2n) is 14.3. The van der Waals surface area contributed by atoms with Crippen molar-refractivity contribution in [2.75, 3.05) is 27.3 Å². The van der Waals surface area contributed by atoms with Crippen molar-refractivity contribution >= 4 is 29.5 Å². The number of rotatable bonds is 21. The zero-order chi connectivity index (χ0) is 40.4. The molecule has 0 saturated heterocycles. The third kappa shape index (κ3) is 15.6. The first-order chi connectivity index (χ1) is 26.1. The molecule has 0 spiro atoms. The normalized spacial score (nSPS) is 12.1. The van der Waals surface area contributed by atoms with Gasteiger partial charge < -0.3 is 29.7 Å². The molecular formula is C41H54ClF3N4O6. The fraction of sp³-hybridized carbons (Fsp3) is 0.512. The van der Waals surface area contributed by atoms with Crippen molar-refractivity contribution < 1.29 is 41.8 Å². The van der Waals surface area contributed by atoms with Gasteiger partial charge in [-0.1, -0.05) is 69.0 Å². The molecule has 0 bridgehead atoms. The number of halogens is 4. The summed E-state index contributed by atoms with van der Waals surface area (Å²) >= 11 is 6.08. The molecule has 0 aliphatic heterocycles. The van der Waals surface area contributed by atoms with E-state index >= 15 is 0 Å². The molecule has 0 radical (unpaired) electrons. The van der Waals surface area contributed by atoms with Crippen LogP contribution in [0.4, 0.5) is 18.0 Å². The summed E-state index contributed by atoms with van der Waals surface area (Å²) in [5.41, 5.74) is -0.522. The molecule has 3 rings (SSSR count). The standard InChI is InChI=1S/C41H54ClF3N4O6/c1-40(2,3)55-39(52)47-25-15-13-11-9-7-6-8-10-12-14-24-46-37(50)36(30-19-23-35(42)48-27-30)49(28-31-18-22-33(53-4)26-34(31)54-5)38(51)29-16-20-32(21-17-29)41(43,44)45/h16-23,26-27,36H,6-15,24-25,28H2,1-5H3,(H,46,50)(H,47,52). The number of nitrogens with one attached hydrogen (secondary N) is 2. The zero-order valence-corrected chi connectivity index (χ0v) is 33.2. The van der Waals surface area contributed by atoms with E-state index in [0.29, 0.717) is 35.7 Å². The van der Waals surface area contributed by atoms with Crippen LogP contribution in [0, 0.1) is 0 Å². The minimum Gasteiger partial charge on any atom is -0.497 e. The van der Waals surface area contributed by atoms with Crippen molar-refractivity contribution in [1.29, 1.82) is 0 Å². The number of alkyl halides is 3. The molecule has 1 unspecified atom stereocenters. The molecule has 2 aromatic carbocycles. The highest BCUT2D eigenvalue weighted by atomic mass is 35.5. The van der Waals surface area contributed by atoms with Gasteiger partial charge in [-0.25, -0.2) is 9.78 Å². The topological polar surface area (TPSA) is 119 Å². The third-order valence-electron chi connectivity index (χ3n) is 8.75. The quantitative estimate of drug-likeness (QED) is 0.0815. The second kappa shape index (κ2) is 22.1. The van der Waals surface area contributed by atoms with Crippen molar-refractivity contribution in [1.82, 2.24) is 20.5 Å². The first-order valence-corrected chi connectivity index (χ1v) is 19.1. The molecule has 14 heteroatoms. The maximum atomic E-state index is 14.2. The van der Waals surface area contributed by atoms with Gasteiger partial charge in [0.2, 0.25) is 5.91 Å². The fourth-order valence-electron chi connectivity index (χ4n) is 5.91. The van der Waals surface area contributed by atoms with E-state index in [0.717, 1.165) is 88.5 Å². The smallest absolute Gasteiger partial charge is 0.416 e. The molecule has 3 amide bonds. The fourth-order valence-corrected chi connectivity index (χ4v) is 6.02. The number of hydrogen-bond donors (Lipinski definition) is 2. The number of amides is 3. The van der Waals surface area contributed by atoms with E-state index in [-0.39, 0.29) is 23.4 Å². The van der Waals surface area contributed by atoms with Gasteiger partial charge in [0, 0.05) is 42.0 Å². The molecule has 0 aliphatic rings. The van der Waals surface area contributed by atoms with E-state index in [1.165, 1.54) is 31.4 Å². The van der Waals surface area contributed by atoms with Crippen molar-refractivity contribution in [2.24, 2.45) is 0 Å². The number of unbranched alkanes of at least 4 members (excludes halogenated alkanes) is 9. The lowest BCUT2D eigenvalue weighted by Gasteiger charge is -2.32. The Kier molecular flexibility index (Phi) is 18.1. The summed E-state index contributed by atoms with van der Waals surface area (Å²) in [4.78, 5) is 45.4. The molecule has 0 aliphatic carbocycles. The van der Waals surface area contributed by atoms with Crippen LogP contribution in [0.15, 0.2) is 60.8 Å².